The van der Waals surface area contributed by atoms with E-state index < -0.39 is 0 Å². The van der Waals surface area contributed by atoms with Gasteiger partial charge in [0.05, 0.1) is 13.2 Å². The summed E-state index contributed by atoms with van der Waals surface area (Å²) in [6.07, 6.45) is 0. The van der Waals surface area contributed by atoms with Crippen molar-refractivity contribution >= 4 is 17.5 Å². The summed E-state index contributed by atoms with van der Waals surface area (Å²) in [5, 5.41) is 3.70. The molecule has 1 N–H and O–H groups in total. The fourth-order valence-electron chi connectivity index (χ4n) is 3.39. The van der Waals surface area contributed by atoms with Crippen LogP contribution < -0.4 is 14.8 Å². The minimum atomic E-state index is -0.158. The Morgan fingerprint density at radius 2 is 1.68 bits per heavy atom. The third-order valence-electron chi connectivity index (χ3n) is 5.18. The molecule has 5 heteroatoms. The monoisotopic (exact) mass is 437 g/mol. The molecule has 0 unspecified atom stereocenters. The molecule has 0 spiro atoms. The fraction of sp³-hybridized carbons (Fsp3) is 0.269. The number of nitrogens with one attached hydrogen (secondary N) is 1. The SMILES string of the molecule is COc1ccc(C(=O)N[C@@H](C)c2ccc(Cl)cc2)cc1COc1ccccc1C(C)C. The van der Waals surface area contributed by atoms with Gasteiger partial charge in [-0.15, -0.1) is 0 Å². The van der Waals surface area contributed by atoms with E-state index in [0.717, 1.165) is 22.4 Å². The molecule has 0 fully saturated rings. The largest absolute Gasteiger partial charge is 0.496 e. The number of hydrogen-bond donors (Lipinski definition) is 1. The Kier molecular flexibility index (Phi) is 7.59. The van der Waals surface area contributed by atoms with Crippen molar-refractivity contribution in [1.29, 1.82) is 0 Å². The third-order valence-corrected chi connectivity index (χ3v) is 5.44. The van der Waals surface area contributed by atoms with Crippen LogP contribution in [0.1, 0.15) is 59.8 Å². The Bertz CT molecular complexity index is 1030. The molecule has 0 aliphatic carbocycles. The second-order valence-electron chi connectivity index (χ2n) is 7.75. The maximum Gasteiger partial charge on any atom is 0.251 e. The Balaban J connectivity index is 1.75. The first-order valence-corrected chi connectivity index (χ1v) is 10.7. The maximum atomic E-state index is 12.8. The third kappa shape index (κ3) is 5.80. The van der Waals surface area contributed by atoms with Crippen molar-refractivity contribution in [3.63, 3.8) is 0 Å². The van der Waals surface area contributed by atoms with Gasteiger partial charge in [0.15, 0.2) is 0 Å². The van der Waals surface area contributed by atoms with Gasteiger partial charge >= 0.3 is 0 Å². The van der Waals surface area contributed by atoms with Gasteiger partial charge in [0.2, 0.25) is 0 Å². The van der Waals surface area contributed by atoms with Crippen molar-refractivity contribution in [3.8, 4) is 11.5 Å². The molecule has 0 aliphatic heterocycles. The average molecular weight is 438 g/mol. The number of halogens is 1. The minimum absolute atomic E-state index is 0.149. The van der Waals surface area contributed by atoms with Gasteiger partial charge in [0.1, 0.15) is 18.1 Å². The van der Waals surface area contributed by atoms with Crippen molar-refractivity contribution in [2.24, 2.45) is 0 Å². The first kappa shape index (κ1) is 22.7. The summed E-state index contributed by atoms with van der Waals surface area (Å²) in [4.78, 5) is 12.8. The molecule has 1 atom stereocenters. The molecule has 1 amide bonds. The van der Waals surface area contributed by atoms with Crippen molar-refractivity contribution in [2.45, 2.75) is 39.3 Å². The number of methoxy groups -OCH3 is 1. The van der Waals surface area contributed by atoms with Crippen molar-refractivity contribution in [3.05, 3.63) is 94.0 Å². The van der Waals surface area contributed by atoms with E-state index in [2.05, 4.69) is 25.2 Å². The van der Waals surface area contributed by atoms with Gasteiger partial charge < -0.3 is 14.8 Å². The highest BCUT2D eigenvalue weighted by atomic mass is 35.5. The van der Waals surface area contributed by atoms with Crippen LogP contribution in [-0.4, -0.2) is 13.0 Å². The highest BCUT2D eigenvalue weighted by molar-refractivity contribution is 6.30. The molecule has 0 bridgehead atoms. The van der Waals surface area contributed by atoms with Crippen molar-refractivity contribution in [2.75, 3.05) is 7.11 Å². The second-order valence-corrected chi connectivity index (χ2v) is 8.19. The molecule has 0 saturated carbocycles. The predicted molar refractivity (Wildman–Crippen MR) is 125 cm³/mol. The van der Waals surface area contributed by atoms with Crippen LogP contribution in [0.25, 0.3) is 0 Å². The lowest BCUT2D eigenvalue weighted by Gasteiger charge is -2.17. The Labute approximate surface area is 189 Å². The van der Waals surface area contributed by atoms with Crippen molar-refractivity contribution in [1.82, 2.24) is 5.32 Å². The lowest BCUT2D eigenvalue weighted by atomic mass is 10.0. The lowest BCUT2D eigenvalue weighted by molar-refractivity contribution is 0.0939. The van der Waals surface area contributed by atoms with E-state index in [1.165, 1.54) is 0 Å². The molecule has 0 saturated heterocycles. The standard InChI is InChI=1S/C26H28ClNO3/c1-17(2)23-7-5-6-8-25(23)31-16-21-15-20(11-14-24(21)30-4)26(29)28-18(3)19-9-12-22(27)13-10-19/h5-15,17-18H,16H2,1-4H3,(H,28,29)/t18-/m0/s1. The number of para-hydroxylation sites is 1. The molecule has 3 aromatic carbocycles. The van der Waals surface area contributed by atoms with E-state index in [4.69, 9.17) is 21.1 Å². The second kappa shape index (κ2) is 10.4. The number of hydrogen-bond acceptors (Lipinski definition) is 3. The molecule has 0 radical (unpaired) electrons. The Morgan fingerprint density at radius 3 is 2.35 bits per heavy atom. The summed E-state index contributed by atoms with van der Waals surface area (Å²) in [6, 6.07) is 20.7. The smallest absolute Gasteiger partial charge is 0.251 e. The predicted octanol–water partition coefficient (Wildman–Crippen LogP) is 6.54. The quantitative estimate of drug-likeness (QED) is 0.435. The number of carbonyl (C=O) groups excluding carboxylic acids is 1. The molecule has 162 valence electrons. The number of benzene rings is 3. The van der Waals surface area contributed by atoms with E-state index in [9.17, 15) is 4.79 Å². The lowest BCUT2D eigenvalue weighted by Crippen LogP contribution is -2.26. The fourth-order valence-corrected chi connectivity index (χ4v) is 3.52. The molecular formula is C26H28ClNO3. The van der Waals surface area contributed by atoms with Crippen LogP contribution >= 0.6 is 11.6 Å². The van der Waals surface area contributed by atoms with Gasteiger partial charge in [0.25, 0.3) is 5.91 Å². The van der Waals surface area contributed by atoms with E-state index in [1.807, 2.05) is 55.5 Å². The van der Waals surface area contributed by atoms with Crippen LogP contribution in [0, 0.1) is 0 Å². The zero-order valence-electron chi connectivity index (χ0n) is 18.3. The first-order chi connectivity index (χ1) is 14.9. The van der Waals surface area contributed by atoms with Crippen LogP contribution in [0.5, 0.6) is 11.5 Å². The van der Waals surface area contributed by atoms with E-state index in [1.54, 1.807) is 19.2 Å². The summed E-state index contributed by atoms with van der Waals surface area (Å²) < 4.78 is 11.6. The average Bonchev–Trinajstić information content (AvgIpc) is 2.77. The molecular weight excluding hydrogens is 410 g/mol. The topological polar surface area (TPSA) is 47.6 Å². The first-order valence-electron chi connectivity index (χ1n) is 10.3. The van der Waals surface area contributed by atoms with Gasteiger partial charge in [-0.05, 0) is 60.4 Å². The van der Waals surface area contributed by atoms with E-state index in [-0.39, 0.29) is 11.9 Å². The summed E-state index contributed by atoms with van der Waals surface area (Å²) in [7, 11) is 1.61. The Hall–Kier alpha value is -2.98. The van der Waals surface area contributed by atoms with Gasteiger partial charge in [-0.2, -0.15) is 0 Å². The summed E-state index contributed by atoms with van der Waals surface area (Å²) in [6.45, 7) is 6.52. The van der Waals surface area contributed by atoms with Crippen LogP contribution in [0.3, 0.4) is 0 Å². The van der Waals surface area contributed by atoms with Crippen molar-refractivity contribution < 1.29 is 14.3 Å². The minimum Gasteiger partial charge on any atom is -0.496 e. The molecule has 3 aromatic rings. The number of carbonyl (C=O) groups is 1. The summed E-state index contributed by atoms with van der Waals surface area (Å²) >= 11 is 5.95. The van der Waals surface area contributed by atoms with Crippen LogP contribution in [0.2, 0.25) is 5.02 Å². The number of amides is 1. The molecule has 0 aliphatic rings. The maximum absolute atomic E-state index is 12.8. The highest BCUT2D eigenvalue weighted by Gasteiger charge is 2.15. The zero-order valence-corrected chi connectivity index (χ0v) is 19.1. The van der Waals surface area contributed by atoms with Gasteiger partial charge in [-0.1, -0.05) is 55.8 Å². The molecule has 31 heavy (non-hydrogen) atoms. The highest BCUT2D eigenvalue weighted by Crippen LogP contribution is 2.28. The number of ether oxygens (including phenoxy) is 2. The molecule has 0 heterocycles. The van der Waals surface area contributed by atoms with E-state index >= 15 is 0 Å². The molecule has 3 rings (SSSR count). The van der Waals surface area contributed by atoms with Gasteiger partial charge in [0, 0.05) is 16.1 Å². The molecule has 0 aromatic heterocycles. The van der Waals surface area contributed by atoms with Gasteiger partial charge in [-0.25, -0.2) is 0 Å². The Morgan fingerprint density at radius 1 is 0.968 bits per heavy atom. The van der Waals surface area contributed by atoms with E-state index in [0.29, 0.717) is 28.9 Å². The summed E-state index contributed by atoms with van der Waals surface area (Å²) in [5.41, 5.74) is 3.50. The normalized spacial score (nSPS) is 11.8. The van der Waals surface area contributed by atoms with Crippen LogP contribution in [-0.2, 0) is 6.61 Å². The molecule has 4 nitrogen and oxygen atoms in total. The zero-order chi connectivity index (χ0) is 22.4. The summed E-state index contributed by atoms with van der Waals surface area (Å²) in [5.74, 6) is 1.72. The number of rotatable bonds is 8. The van der Waals surface area contributed by atoms with Crippen LogP contribution in [0.15, 0.2) is 66.7 Å². The van der Waals surface area contributed by atoms with Crippen LogP contribution in [0.4, 0.5) is 0 Å². The van der Waals surface area contributed by atoms with Gasteiger partial charge in [-0.3, -0.25) is 4.79 Å².